The molecule has 2 N–H and O–H groups in total. The first-order valence-electron chi connectivity index (χ1n) is 5.71. The van der Waals surface area contributed by atoms with E-state index in [4.69, 9.17) is 15.2 Å². The van der Waals surface area contributed by atoms with Gasteiger partial charge in [0, 0.05) is 11.9 Å². The van der Waals surface area contributed by atoms with Crippen LogP contribution in [0.15, 0.2) is 42.6 Å². The van der Waals surface area contributed by atoms with Gasteiger partial charge in [0.15, 0.2) is 0 Å². The van der Waals surface area contributed by atoms with Crippen LogP contribution in [0.2, 0.25) is 0 Å². The van der Waals surface area contributed by atoms with Gasteiger partial charge in [0.2, 0.25) is 0 Å². The van der Waals surface area contributed by atoms with E-state index in [1.54, 1.807) is 18.3 Å². The molecule has 5 heteroatoms. The number of hydrogen-bond acceptors (Lipinski definition) is 5. The van der Waals surface area contributed by atoms with Gasteiger partial charge in [0.1, 0.15) is 17.9 Å². The molecule has 0 saturated carbocycles. The monoisotopic (exact) mass is 258 g/mol. The summed E-state index contributed by atoms with van der Waals surface area (Å²) in [5.41, 5.74) is 7.21. The first kappa shape index (κ1) is 12.9. The summed E-state index contributed by atoms with van der Waals surface area (Å²) in [6.07, 6.45) is 1.68. The van der Waals surface area contributed by atoms with Crippen LogP contribution in [0, 0.1) is 0 Å². The average molecular weight is 258 g/mol. The van der Waals surface area contributed by atoms with Gasteiger partial charge in [-0.1, -0.05) is 6.07 Å². The lowest BCUT2D eigenvalue weighted by molar-refractivity contribution is 0.0595. The number of ether oxygens (including phenoxy) is 2. The molecule has 2 rings (SSSR count). The number of carbonyl (C=O) groups excluding carboxylic acids is 1. The molecule has 0 radical (unpaired) electrons. The molecule has 0 aliphatic carbocycles. The Morgan fingerprint density at radius 3 is 2.84 bits per heavy atom. The van der Waals surface area contributed by atoms with Crippen molar-refractivity contribution in [2.24, 2.45) is 0 Å². The number of benzene rings is 1. The second-order valence-electron chi connectivity index (χ2n) is 3.86. The van der Waals surface area contributed by atoms with Crippen LogP contribution in [0.1, 0.15) is 16.1 Å². The van der Waals surface area contributed by atoms with Crippen LogP contribution in [-0.4, -0.2) is 18.1 Å². The molecule has 0 fully saturated rings. The summed E-state index contributed by atoms with van der Waals surface area (Å²) in [5, 5.41) is 0. The number of anilines is 1. The number of esters is 1. The second kappa shape index (κ2) is 5.86. The van der Waals surface area contributed by atoms with E-state index in [2.05, 4.69) is 4.98 Å². The Bertz CT molecular complexity index is 570. The molecule has 0 unspecified atom stereocenters. The summed E-state index contributed by atoms with van der Waals surface area (Å²) in [4.78, 5) is 15.8. The van der Waals surface area contributed by atoms with Gasteiger partial charge in [-0.15, -0.1) is 0 Å². The Hall–Kier alpha value is -2.56. The molecule has 98 valence electrons. The highest BCUT2D eigenvalue weighted by Gasteiger charge is 2.13. The molecule has 0 spiro atoms. The molecule has 19 heavy (non-hydrogen) atoms. The number of nitrogens with zero attached hydrogens (tertiary/aromatic N) is 1. The first-order valence-corrected chi connectivity index (χ1v) is 5.71. The minimum Gasteiger partial charge on any atom is -0.486 e. The predicted molar refractivity (Wildman–Crippen MR) is 70.8 cm³/mol. The minimum atomic E-state index is -0.483. The van der Waals surface area contributed by atoms with E-state index in [0.717, 1.165) is 5.69 Å². The van der Waals surface area contributed by atoms with Crippen LogP contribution in [0.4, 0.5) is 5.69 Å². The zero-order valence-electron chi connectivity index (χ0n) is 10.5. The van der Waals surface area contributed by atoms with Gasteiger partial charge in [0.25, 0.3) is 0 Å². The topological polar surface area (TPSA) is 74.4 Å². The Labute approximate surface area is 111 Å². The predicted octanol–water partition coefficient (Wildman–Crippen LogP) is 2.03. The number of rotatable bonds is 4. The Morgan fingerprint density at radius 2 is 2.16 bits per heavy atom. The number of methoxy groups -OCH3 is 1. The molecule has 0 amide bonds. The van der Waals surface area contributed by atoms with E-state index < -0.39 is 5.97 Å². The van der Waals surface area contributed by atoms with Crippen LogP contribution in [0.25, 0.3) is 0 Å². The fourth-order valence-electron chi connectivity index (χ4n) is 1.58. The standard InChI is InChI=1S/C14H14N2O3/c1-18-14(17)12-8-10(15)5-6-13(12)19-9-11-4-2-3-7-16-11/h2-8H,9,15H2,1H3. The fourth-order valence-corrected chi connectivity index (χ4v) is 1.58. The first-order chi connectivity index (χ1) is 9.20. The van der Waals surface area contributed by atoms with Crippen molar-refractivity contribution in [3.8, 4) is 5.75 Å². The lowest BCUT2D eigenvalue weighted by atomic mass is 10.2. The molecule has 1 aromatic carbocycles. The van der Waals surface area contributed by atoms with Gasteiger partial charge < -0.3 is 15.2 Å². The van der Waals surface area contributed by atoms with Crippen LogP contribution >= 0.6 is 0 Å². The molecule has 0 bridgehead atoms. The second-order valence-corrected chi connectivity index (χ2v) is 3.86. The Balaban J connectivity index is 2.18. The zero-order valence-corrected chi connectivity index (χ0v) is 10.5. The van der Waals surface area contributed by atoms with Gasteiger partial charge >= 0.3 is 5.97 Å². The van der Waals surface area contributed by atoms with Crippen LogP contribution in [-0.2, 0) is 11.3 Å². The largest absolute Gasteiger partial charge is 0.486 e. The number of nitrogens with two attached hydrogens (primary N) is 1. The Morgan fingerprint density at radius 1 is 1.32 bits per heavy atom. The van der Waals surface area contributed by atoms with Crippen molar-refractivity contribution in [1.82, 2.24) is 4.98 Å². The van der Waals surface area contributed by atoms with E-state index in [1.165, 1.54) is 13.2 Å². The van der Waals surface area contributed by atoms with Crippen LogP contribution in [0.3, 0.4) is 0 Å². The number of carbonyl (C=O) groups is 1. The average Bonchev–Trinajstić information content (AvgIpc) is 2.46. The van der Waals surface area contributed by atoms with Crippen LogP contribution < -0.4 is 10.5 Å². The summed E-state index contributed by atoms with van der Waals surface area (Å²) in [5.74, 6) is -0.0602. The van der Waals surface area contributed by atoms with Crippen molar-refractivity contribution in [2.75, 3.05) is 12.8 Å². The lowest BCUT2D eigenvalue weighted by Crippen LogP contribution is -2.07. The van der Waals surface area contributed by atoms with E-state index in [9.17, 15) is 4.79 Å². The number of pyridine rings is 1. The summed E-state index contributed by atoms with van der Waals surface area (Å²) in [6.45, 7) is 0.273. The molecule has 5 nitrogen and oxygen atoms in total. The third-order valence-corrected chi connectivity index (χ3v) is 2.51. The lowest BCUT2D eigenvalue weighted by Gasteiger charge is -2.10. The summed E-state index contributed by atoms with van der Waals surface area (Å²) in [6, 6.07) is 10.4. The van der Waals surface area contributed by atoms with E-state index in [1.807, 2.05) is 18.2 Å². The molecule has 1 aromatic heterocycles. The number of hydrogen-bond donors (Lipinski definition) is 1. The van der Waals surface area contributed by atoms with Gasteiger partial charge in [-0.05, 0) is 30.3 Å². The third kappa shape index (κ3) is 3.22. The van der Waals surface area contributed by atoms with Crippen molar-refractivity contribution in [3.63, 3.8) is 0 Å². The highest BCUT2D eigenvalue weighted by atomic mass is 16.5. The molecular formula is C14H14N2O3. The zero-order chi connectivity index (χ0) is 13.7. The number of nitrogen functional groups attached to an aromatic ring is 1. The minimum absolute atomic E-state index is 0.273. The quantitative estimate of drug-likeness (QED) is 0.671. The van der Waals surface area contributed by atoms with Crippen LogP contribution in [0.5, 0.6) is 5.75 Å². The van der Waals surface area contributed by atoms with E-state index in [0.29, 0.717) is 17.0 Å². The van der Waals surface area contributed by atoms with Gasteiger partial charge in [-0.25, -0.2) is 4.79 Å². The SMILES string of the molecule is COC(=O)c1cc(N)ccc1OCc1ccccn1. The number of aromatic nitrogens is 1. The molecule has 0 aliphatic rings. The summed E-state index contributed by atoms with van der Waals surface area (Å²) in [7, 11) is 1.31. The molecular weight excluding hydrogens is 244 g/mol. The molecule has 1 heterocycles. The van der Waals surface area contributed by atoms with Crippen molar-refractivity contribution in [3.05, 3.63) is 53.9 Å². The fraction of sp³-hybridized carbons (Fsp3) is 0.143. The maximum absolute atomic E-state index is 11.6. The van der Waals surface area contributed by atoms with E-state index in [-0.39, 0.29) is 6.61 Å². The molecule has 0 atom stereocenters. The Kier molecular flexibility index (Phi) is 3.97. The molecule has 2 aromatic rings. The van der Waals surface area contributed by atoms with Gasteiger partial charge in [-0.3, -0.25) is 4.98 Å². The smallest absolute Gasteiger partial charge is 0.341 e. The van der Waals surface area contributed by atoms with Crippen molar-refractivity contribution < 1.29 is 14.3 Å². The third-order valence-electron chi connectivity index (χ3n) is 2.51. The highest BCUT2D eigenvalue weighted by molar-refractivity contribution is 5.93. The van der Waals surface area contributed by atoms with Crippen molar-refractivity contribution in [2.45, 2.75) is 6.61 Å². The van der Waals surface area contributed by atoms with E-state index >= 15 is 0 Å². The molecule has 0 aliphatic heterocycles. The highest BCUT2D eigenvalue weighted by Crippen LogP contribution is 2.23. The maximum atomic E-state index is 11.6. The van der Waals surface area contributed by atoms with Gasteiger partial charge in [-0.2, -0.15) is 0 Å². The summed E-state index contributed by atoms with van der Waals surface area (Å²) < 4.78 is 10.3. The summed E-state index contributed by atoms with van der Waals surface area (Å²) >= 11 is 0. The molecule has 0 saturated heterocycles. The van der Waals surface area contributed by atoms with Crippen molar-refractivity contribution >= 4 is 11.7 Å². The maximum Gasteiger partial charge on any atom is 0.341 e. The van der Waals surface area contributed by atoms with Gasteiger partial charge in [0.05, 0.1) is 12.8 Å². The van der Waals surface area contributed by atoms with Crippen molar-refractivity contribution in [1.29, 1.82) is 0 Å². The normalized spacial score (nSPS) is 9.95.